The normalized spacial score (nSPS) is 23.5. The molecule has 5 aliphatic rings. The van der Waals surface area contributed by atoms with E-state index >= 15 is 0 Å². The summed E-state index contributed by atoms with van der Waals surface area (Å²) in [4.78, 5) is 31.0. The number of fused-ring (bicyclic) bond motifs is 1. The molecule has 3 aromatic rings. The second-order valence-electron chi connectivity index (χ2n) is 13.7. The lowest BCUT2D eigenvalue weighted by atomic mass is 9.87. The van der Waals surface area contributed by atoms with Crippen molar-refractivity contribution in [2.45, 2.75) is 62.4 Å². The average molecular weight is 661 g/mol. The van der Waals surface area contributed by atoms with Crippen molar-refractivity contribution in [3.8, 4) is 5.75 Å². The fourth-order valence-electron chi connectivity index (χ4n) is 8.14. The molecule has 0 radical (unpaired) electrons. The molecule has 9 nitrogen and oxygen atoms in total. The van der Waals surface area contributed by atoms with Crippen LogP contribution in [0.2, 0.25) is 0 Å². The Hall–Kier alpha value is -4.96. The highest BCUT2D eigenvalue weighted by molar-refractivity contribution is 6.11. The van der Waals surface area contributed by atoms with Gasteiger partial charge in [0, 0.05) is 43.1 Å². The predicted octanol–water partition coefficient (Wildman–Crippen LogP) is 5.49. The zero-order valence-corrected chi connectivity index (χ0v) is 27.4. The van der Waals surface area contributed by atoms with E-state index in [4.69, 9.17) is 0 Å². The third kappa shape index (κ3) is 6.21. The minimum Gasteiger partial charge on any atom is -0.507 e. The lowest BCUT2D eigenvalue weighted by Crippen LogP contribution is -2.47. The zero-order valence-electron chi connectivity index (χ0n) is 27.4. The number of hydrogen-bond acceptors (Lipinski definition) is 8. The number of carbonyl (C=O) groups excluding carboxylic acids is 2. The van der Waals surface area contributed by atoms with E-state index in [0.717, 1.165) is 68.8 Å². The first-order chi connectivity index (χ1) is 23.9. The highest BCUT2D eigenvalue weighted by Gasteiger charge is 2.32. The van der Waals surface area contributed by atoms with E-state index < -0.39 is 5.82 Å². The first-order valence-electron chi connectivity index (χ1n) is 17.4. The Labute approximate surface area is 285 Å². The summed E-state index contributed by atoms with van der Waals surface area (Å²) in [6.45, 7) is 4.27. The molecule has 3 N–H and O–H groups in total. The Bertz CT molecular complexity index is 1800. The van der Waals surface area contributed by atoms with Gasteiger partial charge >= 0.3 is 0 Å². The van der Waals surface area contributed by atoms with Crippen LogP contribution in [0.25, 0.3) is 0 Å². The Morgan fingerprint density at radius 2 is 1.53 bits per heavy atom. The topological polar surface area (TPSA) is 101 Å². The molecule has 0 aromatic heterocycles. The van der Waals surface area contributed by atoms with Gasteiger partial charge in [-0.1, -0.05) is 30.3 Å². The second kappa shape index (κ2) is 13.2. The molecule has 0 spiro atoms. The summed E-state index contributed by atoms with van der Waals surface area (Å²) in [5, 5.41) is 17.1. The molecule has 8 rings (SSSR count). The number of benzene rings is 3. The van der Waals surface area contributed by atoms with E-state index in [1.807, 2.05) is 30.5 Å². The van der Waals surface area contributed by atoms with Gasteiger partial charge in [-0.15, -0.1) is 0 Å². The molecule has 0 saturated carbocycles. The molecule has 2 amide bonds. The van der Waals surface area contributed by atoms with Gasteiger partial charge in [-0.2, -0.15) is 5.10 Å². The molecule has 2 unspecified atom stereocenters. The number of likely N-dealkylation sites (tertiary alicyclic amines) is 1. The number of rotatable bonds is 6. The minimum absolute atomic E-state index is 0.0957. The number of nitrogens with zero attached hydrogens (tertiary/aromatic N) is 4. The summed E-state index contributed by atoms with van der Waals surface area (Å²) < 4.78 is 14.6. The number of aromatic hydroxyl groups is 1. The van der Waals surface area contributed by atoms with Crippen molar-refractivity contribution in [1.82, 2.24) is 15.6 Å². The number of piperidine rings is 3. The molecule has 5 aliphatic heterocycles. The Balaban J connectivity index is 0.839. The lowest BCUT2D eigenvalue weighted by molar-refractivity contribution is -0.134. The lowest BCUT2D eigenvalue weighted by Gasteiger charge is -2.42. The molecular weight excluding hydrogens is 619 g/mol. The number of amides is 2. The van der Waals surface area contributed by atoms with Crippen molar-refractivity contribution in [2.75, 3.05) is 36.0 Å². The van der Waals surface area contributed by atoms with Crippen molar-refractivity contribution in [3.05, 3.63) is 113 Å². The summed E-state index contributed by atoms with van der Waals surface area (Å²) >= 11 is 0. The van der Waals surface area contributed by atoms with Crippen LogP contribution in [0.1, 0.15) is 67.1 Å². The molecule has 5 heterocycles. The van der Waals surface area contributed by atoms with Crippen LogP contribution < -0.4 is 20.5 Å². The maximum Gasteiger partial charge on any atom is 0.234 e. The fourth-order valence-corrected chi connectivity index (χ4v) is 8.14. The van der Waals surface area contributed by atoms with Crippen molar-refractivity contribution in [2.24, 2.45) is 5.10 Å². The van der Waals surface area contributed by atoms with Crippen molar-refractivity contribution in [1.29, 1.82) is 0 Å². The van der Waals surface area contributed by atoms with Gasteiger partial charge in [0.05, 0.1) is 22.9 Å². The summed E-state index contributed by atoms with van der Waals surface area (Å²) in [7, 11) is 0. The van der Waals surface area contributed by atoms with Gasteiger partial charge in [0.2, 0.25) is 11.8 Å². The number of halogens is 1. The van der Waals surface area contributed by atoms with Gasteiger partial charge in [0.1, 0.15) is 17.6 Å². The van der Waals surface area contributed by atoms with Gasteiger partial charge in [0.25, 0.3) is 0 Å². The van der Waals surface area contributed by atoms with Crippen LogP contribution in [-0.4, -0.2) is 65.8 Å². The van der Waals surface area contributed by atoms with Gasteiger partial charge in [-0.25, -0.2) is 4.39 Å². The molecule has 3 fully saturated rings. The Morgan fingerprint density at radius 1 is 0.816 bits per heavy atom. The SMILES string of the molecule is O=C1CCC(c2ccc(N3CCC(N4CCC(c5ccc(N6C=CC7NN=C(c8c(O)cccc8F)C=C76)cc5)CC4)CC3)cc2)C(=O)N1. The standard InChI is InChI=1S/C39H41FN6O3/c40-32-2-1-3-36(47)38(32)34-24-35-33(42-43-34)18-23-46(35)30-10-4-25(5-11-30)26-14-19-44(20-15-26)29-16-21-45(22-17-29)28-8-6-27(7-9-28)31-12-13-37(48)41-39(31)49/h1-11,18,23-24,26,29,31,33,42,47H,12-17,19-22H2,(H,41,48,49). The van der Waals surface area contributed by atoms with Gasteiger partial charge < -0.3 is 19.8 Å². The number of hydrogen-bond donors (Lipinski definition) is 3. The summed E-state index contributed by atoms with van der Waals surface area (Å²) in [5.41, 5.74) is 9.07. The molecule has 3 saturated heterocycles. The number of carbonyl (C=O) groups is 2. The van der Waals surface area contributed by atoms with Crippen LogP contribution >= 0.6 is 0 Å². The third-order valence-electron chi connectivity index (χ3n) is 10.9. The number of phenols is 1. The third-order valence-corrected chi connectivity index (χ3v) is 10.9. The number of imide groups is 1. The molecule has 252 valence electrons. The smallest absolute Gasteiger partial charge is 0.234 e. The van der Waals surface area contributed by atoms with Crippen LogP contribution in [0.3, 0.4) is 0 Å². The van der Waals surface area contributed by atoms with E-state index in [0.29, 0.717) is 30.5 Å². The van der Waals surface area contributed by atoms with Crippen LogP contribution in [0.4, 0.5) is 15.8 Å². The molecule has 3 aromatic carbocycles. The molecule has 10 heteroatoms. The van der Waals surface area contributed by atoms with Crippen LogP contribution in [0.5, 0.6) is 5.75 Å². The number of nitrogens with one attached hydrogen (secondary N) is 2. The largest absolute Gasteiger partial charge is 0.507 e. The second-order valence-corrected chi connectivity index (χ2v) is 13.7. The van der Waals surface area contributed by atoms with E-state index in [1.165, 1.54) is 29.4 Å². The van der Waals surface area contributed by atoms with Crippen LogP contribution in [-0.2, 0) is 9.59 Å². The summed E-state index contributed by atoms with van der Waals surface area (Å²) in [5.74, 6) is -0.713. The van der Waals surface area contributed by atoms with Gasteiger partial charge in [-0.05, 0) is 111 Å². The highest BCUT2D eigenvalue weighted by atomic mass is 19.1. The fraction of sp³-hybridized carbons (Fsp3) is 0.359. The molecule has 0 aliphatic carbocycles. The number of allylic oxidation sites excluding steroid dienone is 1. The van der Waals surface area contributed by atoms with Gasteiger partial charge in [0.15, 0.2) is 0 Å². The molecule has 0 bridgehead atoms. The maximum atomic E-state index is 14.6. The van der Waals surface area contributed by atoms with E-state index in [1.54, 1.807) is 0 Å². The van der Waals surface area contributed by atoms with Crippen molar-refractivity contribution >= 4 is 28.9 Å². The van der Waals surface area contributed by atoms with E-state index in [-0.39, 0.29) is 35.1 Å². The highest BCUT2D eigenvalue weighted by Crippen LogP contribution is 2.35. The van der Waals surface area contributed by atoms with E-state index in [2.05, 4.69) is 66.9 Å². The van der Waals surface area contributed by atoms with E-state index in [9.17, 15) is 19.1 Å². The minimum atomic E-state index is -0.509. The number of hydrazone groups is 1. The van der Waals surface area contributed by atoms with Crippen LogP contribution in [0, 0.1) is 5.82 Å². The monoisotopic (exact) mass is 660 g/mol. The quantitative estimate of drug-likeness (QED) is 0.301. The average Bonchev–Trinajstić information content (AvgIpc) is 3.55. The number of anilines is 2. The predicted molar refractivity (Wildman–Crippen MR) is 188 cm³/mol. The first-order valence-corrected chi connectivity index (χ1v) is 17.4. The molecule has 49 heavy (non-hydrogen) atoms. The van der Waals surface area contributed by atoms with Gasteiger partial charge in [-0.3, -0.25) is 20.3 Å². The molecule has 2 atom stereocenters. The molecular formula is C39H41FN6O3. The van der Waals surface area contributed by atoms with Crippen LogP contribution in [0.15, 0.2) is 95.9 Å². The Morgan fingerprint density at radius 3 is 2.24 bits per heavy atom. The van der Waals surface area contributed by atoms with Crippen molar-refractivity contribution < 1.29 is 19.1 Å². The maximum absolute atomic E-state index is 14.6. The summed E-state index contributed by atoms with van der Waals surface area (Å²) in [6, 6.07) is 21.9. The Kier molecular flexibility index (Phi) is 8.41. The van der Waals surface area contributed by atoms with Crippen molar-refractivity contribution in [3.63, 3.8) is 0 Å². The summed E-state index contributed by atoms with van der Waals surface area (Å²) in [6.07, 6.45) is 11.4. The first kappa shape index (κ1) is 31.3. The zero-order chi connectivity index (χ0) is 33.5. The number of phenolic OH excluding ortho intramolecular Hbond substituents is 1.